The number of hydrogen-bond acceptors (Lipinski definition) is 4. The van der Waals surface area contributed by atoms with Crippen LogP contribution < -0.4 is 15.6 Å². The number of fused-ring (bicyclic) bond motifs is 3. The Hall–Kier alpha value is -2.63. The highest BCUT2D eigenvalue weighted by Gasteiger charge is 2.25. The number of benzene rings is 1. The molecule has 1 heterocycles. The topological polar surface area (TPSA) is 84.1 Å². The molecule has 1 amide bonds. The maximum Gasteiger partial charge on any atom is 0.260 e. The molecule has 0 radical (unpaired) electrons. The number of aromatic nitrogens is 2. The van der Waals surface area contributed by atoms with Gasteiger partial charge in [-0.3, -0.25) is 19.9 Å². The normalized spacial score (nSPS) is 13.0. The Morgan fingerprint density at radius 2 is 2.04 bits per heavy atom. The molecular weight excluding hydrogens is 306 g/mol. The van der Waals surface area contributed by atoms with E-state index in [0.717, 1.165) is 17.5 Å². The van der Waals surface area contributed by atoms with Gasteiger partial charge in [-0.2, -0.15) is 0 Å². The first-order valence-electron chi connectivity index (χ1n) is 7.91. The van der Waals surface area contributed by atoms with Crippen molar-refractivity contribution in [1.82, 2.24) is 9.97 Å². The van der Waals surface area contributed by atoms with Crippen molar-refractivity contribution in [3.8, 4) is 16.9 Å². The van der Waals surface area contributed by atoms with Crippen molar-refractivity contribution in [2.45, 2.75) is 33.6 Å². The van der Waals surface area contributed by atoms with Gasteiger partial charge in [-0.1, -0.05) is 26.8 Å². The molecule has 24 heavy (non-hydrogen) atoms. The van der Waals surface area contributed by atoms with Gasteiger partial charge >= 0.3 is 0 Å². The molecule has 0 fully saturated rings. The van der Waals surface area contributed by atoms with Crippen molar-refractivity contribution < 1.29 is 9.53 Å². The monoisotopic (exact) mass is 327 g/mol. The van der Waals surface area contributed by atoms with Crippen LogP contribution in [0.2, 0.25) is 0 Å². The molecule has 0 bridgehead atoms. The summed E-state index contributed by atoms with van der Waals surface area (Å²) >= 11 is 0. The minimum absolute atomic E-state index is 0.191. The molecule has 0 spiro atoms. The molecule has 1 aromatic heterocycles. The van der Waals surface area contributed by atoms with Crippen molar-refractivity contribution in [3.63, 3.8) is 0 Å². The van der Waals surface area contributed by atoms with E-state index in [-0.39, 0.29) is 17.4 Å². The van der Waals surface area contributed by atoms with E-state index >= 15 is 0 Å². The van der Waals surface area contributed by atoms with Crippen LogP contribution in [0.4, 0.5) is 5.95 Å². The molecule has 6 heteroatoms. The number of anilines is 1. The predicted octanol–water partition coefficient (Wildman–Crippen LogP) is 2.53. The fourth-order valence-corrected chi connectivity index (χ4v) is 2.72. The standard InChI is InChI=1S/C18H21N3O3/c1-18(2,3)16(23)21-17-19-13-8-6-10-5-7-11(24-4)9-12(10)14(13)15(22)20-17/h5,7,9H,6,8H2,1-4H3,(H2,19,20,21,22,23). The lowest BCUT2D eigenvalue weighted by molar-refractivity contribution is -0.123. The summed E-state index contributed by atoms with van der Waals surface area (Å²) in [5.74, 6) is 0.708. The van der Waals surface area contributed by atoms with E-state index in [1.165, 1.54) is 0 Å². The van der Waals surface area contributed by atoms with Crippen LogP contribution in [0.3, 0.4) is 0 Å². The number of rotatable bonds is 2. The molecule has 0 unspecified atom stereocenters. The first-order chi connectivity index (χ1) is 11.3. The fourth-order valence-electron chi connectivity index (χ4n) is 2.72. The Labute approximate surface area is 140 Å². The zero-order chi connectivity index (χ0) is 17.5. The third-order valence-electron chi connectivity index (χ3n) is 4.12. The first kappa shape index (κ1) is 16.2. The Balaban J connectivity index is 2.04. The number of H-pyrrole nitrogens is 1. The van der Waals surface area contributed by atoms with Crippen molar-refractivity contribution in [3.05, 3.63) is 39.8 Å². The Morgan fingerprint density at radius 3 is 2.71 bits per heavy atom. The van der Waals surface area contributed by atoms with Gasteiger partial charge in [0.1, 0.15) is 5.75 Å². The Morgan fingerprint density at radius 1 is 1.29 bits per heavy atom. The smallest absolute Gasteiger partial charge is 0.260 e. The number of nitrogens with one attached hydrogen (secondary N) is 2. The van der Waals surface area contributed by atoms with Gasteiger partial charge < -0.3 is 4.74 Å². The van der Waals surface area contributed by atoms with Gasteiger partial charge in [0.25, 0.3) is 5.56 Å². The van der Waals surface area contributed by atoms with Gasteiger partial charge in [-0.25, -0.2) is 4.98 Å². The number of carbonyl (C=O) groups excluding carboxylic acids is 1. The number of hydrogen-bond donors (Lipinski definition) is 2. The molecule has 3 rings (SSSR count). The average molecular weight is 327 g/mol. The molecule has 0 saturated heterocycles. The summed E-state index contributed by atoms with van der Waals surface area (Å²) in [5.41, 5.74) is 2.39. The van der Waals surface area contributed by atoms with E-state index < -0.39 is 5.41 Å². The van der Waals surface area contributed by atoms with Crippen LogP contribution in [-0.4, -0.2) is 23.0 Å². The summed E-state index contributed by atoms with van der Waals surface area (Å²) in [6.07, 6.45) is 1.46. The van der Waals surface area contributed by atoms with E-state index in [9.17, 15) is 9.59 Å². The zero-order valence-corrected chi connectivity index (χ0v) is 14.3. The summed E-state index contributed by atoms with van der Waals surface area (Å²) in [6, 6.07) is 5.73. The molecule has 0 aliphatic heterocycles. The molecule has 1 aliphatic rings. The summed E-state index contributed by atoms with van der Waals surface area (Å²) in [7, 11) is 1.60. The summed E-state index contributed by atoms with van der Waals surface area (Å²) in [4.78, 5) is 31.8. The third-order valence-corrected chi connectivity index (χ3v) is 4.12. The SMILES string of the molecule is COc1ccc2c(c1)-c1c(nc(NC(=O)C(C)(C)C)[nH]c1=O)CC2. The molecule has 2 N–H and O–H groups in total. The van der Waals surface area contributed by atoms with Crippen molar-refractivity contribution in [1.29, 1.82) is 0 Å². The zero-order valence-electron chi connectivity index (χ0n) is 14.3. The van der Waals surface area contributed by atoms with E-state index in [1.54, 1.807) is 27.9 Å². The lowest BCUT2D eigenvalue weighted by Gasteiger charge is -2.21. The molecule has 6 nitrogen and oxygen atoms in total. The number of aromatic amines is 1. The quantitative estimate of drug-likeness (QED) is 0.888. The number of nitrogens with zero attached hydrogens (tertiary/aromatic N) is 1. The van der Waals surface area contributed by atoms with Crippen LogP contribution in [0.5, 0.6) is 5.75 Å². The Bertz CT molecular complexity index is 863. The second-order valence-electron chi connectivity index (χ2n) is 6.96. The highest BCUT2D eigenvalue weighted by atomic mass is 16.5. The number of methoxy groups -OCH3 is 1. The minimum atomic E-state index is -0.561. The molecule has 2 aromatic rings. The minimum Gasteiger partial charge on any atom is -0.497 e. The highest BCUT2D eigenvalue weighted by Crippen LogP contribution is 2.33. The lowest BCUT2D eigenvalue weighted by atomic mass is 9.89. The molecule has 1 aliphatic carbocycles. The van der Waals surface area contributed by atoms with Crippen LogP contribution in [0.15, 0.2) is 23.0 Å². The summed E-state index contributed by atoms with van der Waals surface area (Å²) in [6.45, 7) is 5.42. The first-order valence-corrected chi connectivity index (χ1v) is 7.91. The summed E-state index contributed by atoms with van der Waals surface area (Å²) < 4.78 is 5.26. The molecule has 1 aromatic carbocycles. The van der Waals surface area contributed by atoms with E-state index in [4.69, 9.17) is 4.74 Å². The van der Waals surface area contributed by atoms with Crippen LogP contribution in [-0.2, 0) is 17.6 Å². The molecule has 0 atom stereocenters. The second-order valence-corrected chi connectivity index (χ2v) is 6.96. The molecule has 0 saturated carbocycles. The Kier molecular flexibility index (Phi) is 3.91. The van der Waals surface area contributed by atoms with E-state index in [2.05, 4.69) is 15.3 Å². The highest BCUT2D eigenvalue weighted by molar-refractivity contribution is 5.93. The van der Waals surface area contributed by atoms with E-state index in [1.807, 2.05) is 18.2 Å². The average Bonchev–Trinajstić information content (AvgIpc) is 2.52. The van der Waals surface area contributed by atoms with Gasteiger partial charge in [0, 0.05) is 5.41 Å². The van der Waals surface area contributed by atoms with Crippen LogP contribution in [0, 0.1) is 5.41 Å². The predicted molar refractivity (Wildman–Crippen MR) is 92.3 cm³/mol. The maximum absolute atomic E-state index is 12.6. The van der Waals surface area contributed by atoms with Gasteiger partial charge in [0.2, 0.25) is 11.9 Å². The number of aryl methyl sites for hydroxylation is 2. The molecular formula is C18H21N3O3. The third kappa shape index (κ3) is 2.91. The molecule has 126 valence electrons. The fraction of sp³-hybridized carbons (Fsp3) is 0.389. The van der Waals surface area contributed by atoms with Crippen LogP contribution in [0.25, 0.3) is 11.1 Å². The number of ether oxygens (including phenoxy) is 1. The van der Waals surface area contributed by atoms with E-state index in [0.29, 0.717) is 23.4 Å². The van der Waals surface area contributed by atoms with Crippen LogP contribution >= 0.6 is 0 Å². The van der Waals surface area contributed by atoms with Crippen molar-refractivity contribution in [2.24, 2.45) is 5.41 Å². The summed E-state index contributed by atoms with van der Waals surface area (Å²) in [5, 5.41) is 2.69. The van der Waals surface area contributed by atoms with Gasteiger partial charge in [0.15, 0.2) is 0 Å². The van der Waals surface area contributed by atoms with Crippen LogP contribution in [0.1, 0.15) is 32.0 Å². The van der Waals surface area contributed by atoms with Gasteiger partial charge in [-0.05, 0) is 36.1 Å². The van der Waals surface area contributed by atoms with Crippen molar-refractivity contribution >= 4 is 11.9 Å². The largest absolute Gasteiger partial charge is 0.497 e. The van der Waals surface area contributed by atoms with Crippen molar-refractivity contribution in [2.75, 3.05) is 12.4 Å². The van der Waals surface area contributed by atoms with Gasteiger partial charge in [-0.15, -0.1) is 0 Å². The number of carbonyl (C=O) groups is 1. The maximum atomic E-state index is 12.6. The number of amides is 1. The lowest BCUT2D eigenvalue weighted by Crippen LogP contribution is -2.30. The van der Waals surface area contributed by atoms with Gasteiger partial charge in [0.05, 0.1) is 18.4 Å². The second kappa shape index (κ2) is 5.78.